The molecule has 2 aromatic rings. The summed E-state index contributed by atoms with van der Waals surface area (Å²) in [4.78, 5) is 32.2. The molecule has 7 nitrogen and oxygen atoms in total. The largest absolute Gasteiger partial charge is 0.364 e. The first-order chi connectivity index (χ1) is 11.0. The van der Waals surface area contributed by atoms with Crippen molar-refractivity contribution in [3.63, 3.8) is 0 Å². The topological polar surface area (TPSA) is 67.2 Å². The normalized spacial score (nSPS) is 24.3. The van der Waals surface area contributed by atoms with E-state index in [9.17, 15) is 9.59 Å². The van der Waals surface area contributed by atoms with Gasteiger partial charge in [0.2, 0.25) is 5.91 Å². The van der Waals surface area contributed by atoms with E-state index in [4.69, 9.17) is 4.74 Å². The second-order valence-corrected chi connectivity index (χ2v) is 6.23. The first-order valence-corrected chi connectivity index (χ1v) is 7.65. The minimum Gasteiger partial charge on any atom is -0.364 e. The lowest BCUT2D eigenvalue weighted by Crippen LogP contribution is -2.51. The van der Waals surface area contributed by atoms with E-state index in [1.807, 2.05) is 29.7 Å². The van der Waals surface area contributed by atoms with Crippen molar-refractivity contribution in [1.29, 1.82) is 0 Å². The Morgan fingerprint density at radius 3 is 2.96 bits per heavy atom. The third-order valence-electron chi connectivity index (χ3n) is 4.65. The summed E-state index contributed by atoms with van der Waals surface area (Å²) in [6.07, 6.45) is 3.58. The van der Waals surface area contributed by atoms with Crippen molar-refractivity contribution in [2.75, 3.05) is 26.7 Å². The van der Waals surface area contributed by atoms with E-state index < -0.39 is 0 Å². The zero-order valence-electron chi connectivity index (χ0n) is 13.1. The van der Waals surface area contributed by atoms with Gasteiger partial charge in [0.25, 0.3) is 5.91 Å². The maximum Gasteiger partial charge on any atom is 0.274 e. The fourth-order valence-electron chi connectivity index (χ4n) is 3.29. The third kappa shape index (κ3) is 2.28. The molecular formula is C16H18N4O3. The quantitative estimate of drug-likeness (QED) is 0.760. The Hall–Kier alpha value is -2.41. The average molecular weight is 314 g/mol. The first kappa shape index (κ1) is 14.2. The molecule has 2 aromatic heterocycles. The van der Waals surface area contributed by atoms with E-state index in [1.54, 1.807) is 23.0 Å². The van der Waals surface area contributed by atoms with Gasteiger partial charge in [0.15, 0.2) is 0 Å². The molecule has 0 spiro atoms. The first-order valence-electron chi connectivity index (χ1n) is 7.65. The standard InChI is InChI=1S/C16H18N4O3/c1-10-3-4-14-17-11(6-19(14)5-10)16(22)20-7-12-13(8-20)23-9-15(21)18(12)2/h3-6,12-13H,7-9H2,1-2H3/t12-,13-/m0/s1. The maximum absolute atomic E-state index is 12.7. The molecule has 0 N–H and O–H groups in total. The number of fused-ring (bicyclic) bond motifs is 2. The van der Waals surface area contributed by atoms with E-state index in [0.29, 0.717) is 18.8 Å². The highest BCUT2D eigenvalue weighted by molar-refractivity contribution is 5.93. The summed E-state index contributed by atoms with van der Waals surface area (Å²) < 4.78 is 7.42. The second kappa shape index (κ2) is 5.06. The Balaban J connectivity index is 1.58. The van der Waals surface area contributed by atoms with Crippen molar-refractivity contribution in [2.45, 2.75) is 19.1 Å². The van der Waals surface area contributed by atoms with Crippen LogP contribution in [-0.4, -0.2) is 69.9 Å². The number of likely N-dealkylation sites (tertiary alicyclic amines) is 1. The molecule has 7 heteroatoms. The molecule has 120 valence electrons. The molecule has 0 aliphatic carbocycles. The summed E-state index contributed by atoms with van der Waals surface area (Å²) in [5.74, 6) is -0.158. The predicted molar refractivity (Wildman–Crippen MR) is 82.1 cm³/mol. The lowest BCUT2D eigenvalue weighted by molar-refractivity contribution is -0.150. The maximum atomic E-state index is 12.7. The number of pyridine rings is 1. The predicted octanol–water partition coefficient (Wildman–Crippen LogP) is 0.324. The molecule has 0 radical (unpaired) electrons. The van der Waals surface area contributed by atoms with Gasteiger partial charge in [-0.3, -0.25) is 9.59 Å². The second-order valence-electron chi connectivity index (χ2n) is 6.23. The molecule has 2 saturated heterocycles. The summed E-state index contributed by atoms with van der Waals surface area (Å²) >= 11 is 0. The molecule has 2 atom stereocenters. The van der Waals surface area contributed by atoms with Crippen LogP contribution in [0.4, 0.5) is 0 Å². The minimum atomic E-state index is -0.120. The van der Waals surface area contributed by atoms with Crippen LogP contribution in [0.15, 0.2) is 24.5 Å². The van der Waals surface area contributed by atoms with E-state index in [-0.39, 0.29) is 30.6 Å². The lowest BCUT2D eigenvalue weighted by Gasteiger charge is -2.33. The van der Waals surface area contributed by atoms with Gasteiger partial charge >= 0.3 is 0 Å². The smallest absolute Gasteiger partial charge is 0.274 e. The van der Waals surface area contributed by atoms with Crippen molar-refractivity contribution in [3.8, 4) is 0 Å². The zero-order valence-corrected chi connectivity index (χ0v) is 13.1. The number of rotatable bonds is 1. The van der Waals surface area contributed by atoms with Crippen LogP contribution in [0.2, 0.25) is 0 Å². The summed E-state index contributed by atoms with van der Waals surface area (Å²) in [7, 11) is 1.77. The van der Waals surface area contributed by atoms with Gasteiger partial charge in [-0.05, 0) is 18.6 Å². The average Bonchev–Trinajstić information content (AvgIpc) is 3.14. The summed E-state index contributed by atoms with van der Waals surface area (Å²) in [6.45, 7) is 3.07. The van der Waals surface area contributed by atoms with E-state index in [1.165, 1.54) is 0 Å². The Morgan fingerprint density at radius 1 is 1.30 bits per heavy atom. The van der Waals surface area contributed by atoms with Crippen LogP contribution in [0.5, 0.6) is 0 Å². The number of carbonyl (C=O) groups is 2. The summed E-state index contributed by atoms with van der Waals surface area (Å²) in [5, 5.41) is 0. The Bertz CT molecular complexity index is 800. The number of nitrogens with zero attached hydrogens (tertiary/aromatic N) is 4. The number of morpholine rings is 1. The van der Waals surface area contributed by atoms with Gasteiger partial charge in [-0.2, -0.15) is 0 Å². The molecule has 2 fully saturated rings. The van der Waals surface area contributed by atoms with Crippen molar-refractivity contribution in [2.24, 2.45) is 0 Å². The van der Waals surface area contributed by atoms with Gasteiger partial charge in [-0.1, -0.05) is 6.07 Å². The van der Waals surface area contributed by atoms with Crippen molar-refractivity contribution < 1.29 is 14.3 Å². The Morgan fingerprint density at radius 2 is 2.13 bits per heavy atom. The third-order valence-corrected chi connectivity index (χ3v) is 4.65. The molecule has 23 heavy (non-hydrogen) atoms. The highest BCUT2D eigenvalue weighted by Crippen LogP contribution is 2.23. The van der Waals surface area contributed by atoms with Gasteiger partial charge in [-0.15, -0.1) is 0 Å². The summed E-state index contributed by atoms with van der Waals surface area (Å²) in [6, 6.07) is 3.79. The number of hydrogen-bond donors (Lipinski definition) is 0. The number of likely N-dealkylation sites (N-methyl/N-ethyl adjacent to an activating group) is 1. The number of ether oxygens (including phenoxy) is 1. The van der Waals surface area contributed by atoms with Gasteiger partial charge < -0.3 is 18.9 Å². The molecule has 4 heterocycles. The number of aromatic nitrogens is 2. The molecule has 0 bridgehead atoms. The van der Waals surface area contributed by atoms with Gasteiger partial charge in [-0.25, -0.2) is 4.98 Å². The van der Waals surface area contributed by atoms with E-state index in [2.05, 4.69) is 4.98 Å². The highest BCUT2D eigenvalue weighted by atomic mass is 16.5. The van der Waals surface area contributed by atoms with Crippen LogP contribution in [-0.2, 0) is 9.53 Å². The number of aryl methyl sites for hydroxylation is 1. The van der Waals surface area contributed by atoms with E-state index >= 15 is 0 Å². The van der Waals surface area contributed by atoms with E-state index in [0.717, 1.165) is 11.2 Å². The van der Waals surface area contributed by atoms with Crippen LogP contribution in [0.1, 0.15) is 16.1 Å². The summed E-state index contributed by atoms with van der Waals surface area (Å²) in [5.41, 5.74) is 2.27. The molecule has 0 aromatic carbocycles. The van der Waals surface area contributed by atoms with Crippen LogP contribution < -0.4 is 0 Å². The fraction of sp³-hybridized carbons (Fsp3) is 0.438. The molecule has 0 saturated carbocycles. The van der Waals surface area contributed by atoms with Crippen molar-refractivity contribution >= 4 is 17.5 Å². The molecule has 2 aliphatic rings. The van der Waals surface area contributed by atoms with Crippen molar-refractivity contribution in [1.82, 2.24) is 19.2 Å². The monoisotopic (exact) mass is 314 g/mol. The molecule has 4 rings (SSSR count). The van der Waals surface area contributed by atoms with Gasteiger partial charge in [0, 0.05) is 32.5 Å². The molecule has 2 amide bonds. The number of imidazole rings is 1. The van der Waals surface area contributed by atoms with Crippen LogP contribution in [0, 0.1) is 6.92 Å². The van der Waals surface area contributed by atoms with Gasteiger partial charge in [0.05, 0.1) is 12.1 Å². The number of carbonyl (C=O) groups excluding carboxylic acids is 2. The molecule has 2 aliphatic heterocycles. The van der Waals surface area contributed by atoms with Crippen LogP contribution in [0.3, 0.4) is 0 Å². The Labute approximate surface area is 133 Å². The van der Waals surface area contributed by atoms with Crippen LogP contribution in [0.25, 0.3) is 5.65 Å². The fourth-order valence-corrected chi connectivity index (χ4v) is 3.29. The SMILES string of the molecule is Cc1ccc2nc(C(=O)N3C[C@@H]4OCC(=O)N(C)[C@H]4C3)cn2c1. The van der Waals surface area contributed by atoms with Crippen LogP contribution >= 0.6 is 0 Å². The Kier molecular flexibility index (Phi) is 3.12. The zero-order chi connectivity index (χ0) is 16.1. The number of hydrogen-bond acceptors (Lipinski definition) is 4. The minimum absolute atomic E-state index is 0.0382. The lowest BCUT2D eigenvalue weighted by atomic mass is 10.1. The molecular weight excluding hydrogens is 296 g/mol. The number of amides is 2. The molecule has 0 unspecified atom stereocenters. The van der Waals surface area contributed by atoms with Crippen molar-refractivity contribution in [3.05, 3.63) is 35.8 Å². The van der Waals surface area contributed by atoms with Gasteiger partial charge in [0.1, 0.15) is 17.9 Å². The highest BCUT2D eigenvalue weighted by Gasteiger charge is 2.43.